The zero-order chi connectivity index (χ0) is 47.2. The Morgan fingerprint density at radius 3 is 1.11 bits per heavy atom. The van der Waals surface area contributed by atoms with Gasteiger partial charge in [-0.2, -0.15) is 0 Å². The number of nitrogens with one attached hydrogen (secondary N) is 1. The van der Waals surface area contributed by atoms with Crippen molar-refractivity contribution in [2.45, 2.75) is 328 Å². The van der Waals surface area contributed by atoms with Crippen LogP contribution in [0.15, 0.2) is 24.3 Å². The molecule has 0 aliphatic rings. The SMILES string of the molecule is CCCCCC/C=C\CCCCCCCC(=O)OCCCC/C=C\CCCCCCC(=O)NC(CO)C(O)CCCCCCCCCCCCCCCCCCCCCCCCCCC. The van der Waals surface area contributed by atoms with Gasteiger partial charge in [0.1, 0.15) is 0 Å². The van der Waals surface area contributed by atoms with Crippen molar-refractivity contribution in [2.24, 2.45) is 0 Å². The lowest BCUT2D eigenvalue weighted by Gasteiger charge is -2.22. The first kappa shape index (κ1) is 63.3. The quantitative estimate of drug-likeness (QED) is 0.0321. The zero-order valence-electron chi connectivity index (χ0n) is 43.7. The van der Waals surface area contributed by atoms with Gasteiger partial charge in [-0.25, -0.2) is 0 Å². The molecule has 2 unspecified atom stereocenters. The topological polar surface area (TPSA) is 95.9 Å². The van der Waals surface area contributed by atoms with Gasteiger partial charge in [0.2, 0.25) is 5.91 Å². The van der Waals surface area contributed by atoms with E-state index in [1.165, 1.54) is 205 Å². The Morgan fingerprint density at radius 2 is 0.723 bits per heavy atom. The molecule has 0 rings (SSSR count). The minimum Gasteiger partial charge on any atom is -0.466 e. The predicted molar refractivity (Wildman–Crippen MR) is 283 cm³/mol. The van der Waals surface area contributed by atoms with Crippen LogP contribution in [0.2, 0.25) is 0 Å². The standard InChI is InChI=1S/C59H113NO5/c1-3-5-7-9-11-13-15-17-18-19-20-21-22-23-24-25-26-27-28-30-31-35-39-43-47-51-57(62)56(55-61)60-58(63)52-48-44-40-36-33-34-38-42-46-50-54-65-59(64)53-49-45-41-37-32-29-16-14-12-10-8-6-4-2/h14,16,34,38,56-57,61-62H,3-13,15,17-33,35-37,39-55H2,1-2H3,(H,60,63)/b16-14-,38-34-. The number of hydrogen-bond acceptors (Lipinski definition) is 5. The molecule has 0 saturated carbocycles. The van der Waals surface area contributed by atoms with Gasteiger partial charge < -0.3 is 20.3 Å². The number of esters is 1. The van der Waals surface area contributed by atoms with Gasteiger partial charge in [-0.15, -0.1) is 0 Å². The number of aliphatic hydroxyl groups excluding tert-OH is 2. The number of rotatable bonds is 54. The van der Waals surface area contributed by atoms with E-state index < -0.39 is 12.1 Å². The molecule has 0 heterocycles. The van der Waals surface area contributed by atoms with E-state index in [0.29, 0.717) is 25.9 Å². The van der Waals surface area contributed by atoms with Crippen LogP contribution >= 0.6 is 0 Å². The van der Waals surface area contributed by atoms with Gasteiger partial charge in [-0.05, 0) is 77.0 Å². The van der Waals surface area contributed by atoms with Gasteiger partial charge in [0.05, 0.1) is 25.4 Å². The molecule has 384 valence electrons. The molecule has 0 aromatic carbocycles. The Bertz CT molecular complexity index is 1010. The molecular weight excluding hydrogens is 803 g/mol. The number of ether oxygens (including phenoxy) is 1. The van der Waals surface area contributed by atoms with Crippen molar-refractivity contribution in [1.82, 2.24) is 5.32 Å². The molecule has 0 aromatic heterocycles. The smallest absolute Gasteiger partial charge is 0.305 e. The number of unbranched alkanes of at least 4 members (excludes halogenated alkanes) is 39. The van der Waals surface area contributed by atoms with Crippen LogP contribution in [-0.2, 0) is 14.3 Å². The van der Waals surface area contributed by atoms with Crippen LogP contribution in [-0.4, -0.2) is 47.4 Å². The molecule has 3 N–H and O–H groups in total. The molecule has 1 amide bonds. The van der Waals surface area contributed by atoms with E-state index in [1.54, 1.807) is 0 Å². The second kappa shape index (κ2) is 54.9. The number of amides is 1. The molecule has 2 atom stereocenters. The maximum Gasteiger partial charge on any atom is 0.305 e. The molecular formula is C59H113NO5. The summed E-state index contributed by atoms with van der Waals surface area (Å²) < 4.78 is 5.43. The molecule has 0 aromatic rings. The second-order valence-electron chi connectivity index (χ2n) is 20.0. The molecule has 65 heavy (non-hydrogen) atoms. The third kappa shape index (κ3) is 51.6. The van der Waals surface area contributed by atoms with E-state index in [9.17, 15) is 19.8 Å². The third-order valence-electron chi connectivity index (χ3n) is 13.5. The van der Waals surface area contributed by atoms with Crippen LogP contribution < -0.4 is 5.32 Å². The fourth-order valence-corrected chi connectivity index (χ4v) is 8.98. The minimum atomic E-state index is -0.687. The van der Waals surface area contributed by atoms with Gasteiger partial charge in [0, 0.05) is 12.8 Å². The highest BCUT2D eigenvalue weighted by atomic mass is 16.5. The van der Waals surface area contributed by atoms with Crippen molar-refractivity contribution < 1.29 is 24.5 Å². The van der Waals surface area contributed by atoms with Gasteiger partial charge in [-0.1, -0.05) is 250 Å². The number of carbonyl (C=O) groups is 2. The fourth-order valence-electron chi connectivity index (χ4n) is 8.98. The number of allylic oxidation sites excluding steroid dienone is 4. The second-order valence-corrected chi connectivity index (χ2v) is 20.0. The van der Waals surface area contributed by atoms with Crippen molar-refractivity contribution in [3.8, 4) is 0 Å². The largest absolute Gasteiger partial charge is 0.466 e. The van der Waals surface area contributed by atoms with Crippen LogP contribution in [0.1, 0.15) is 316 Å². The molecule has 6 heteroatoms. The third-order valence-corrected chi connectivity index (χ3v) is 13.5. The van der Waals surface area contributed by atoms with Gasteiger partial charge in [0.25, 0.3) is 0 Å². The van der Waals surface area contributed by atoms with Crippen molar-refractivity contribution in [1.29, 1.82) is 0 Å². The van der Waals surface area contributed by atoms with E-state index in [0.717, 1.165) is 77.0 Å². The van der Waals surface area contributed by atoms with Crippen LogP contribution in [0.5, 0.6) is 0 Å². The summed E-state index contributed by atoms with van der Waals surface area (Å²) in [6, 6.07) is -0.568. The highest BCUT2D eigenvalue weighted by molar-refractivity contribution is 5.76. The number of hydrogen-bond donors (Lipinski definition) is 3. The first-order chi connectivity index (χ1) is 32.0. The predicted octanol–water partition coefficient (Wildman–Crippen LogP) is 17.9. The molecule has 0 spiro atoms. The van der Waals surface area contributed by atoms with E-state index in [-0.39, 0.29) is 18.5 Å². The van der Waals surface area contributed by atoms with Crippen LogP contribution in [0.3, 0.4) is 0 Å². The highest BCUT2D eigenvalue weighted by Crippen LogP contribution is 2.17. The van der Waals surface area contributed by atoms with Crippen LogP contribution in [0.25, 0.3) is 0 Å². The minimum absolute atomic E-state index is 0.0447. The van der Waals surface area contributed by atoms with Crippen molar-refractivity contribution in [2.75, 3.05) is 13.2 Å². The maximum atomic E-state index is 12.5. The number of carbonyl (C=O) groups excluding carboxylic acids is 2. The lowest BCUT2D eigenvalue weighted by atomic mass is 10.0. The highest BCUT2D eigenvalue weighted by Gasteiger charge is 2.20. The summed E-state index contributed by atoms with van der Waals surface area (Å²) in [5.41, 5.74) is 0. The average Bonchev–Trinajstić information content (AvgIpc) is 3.31. The van der Waals surface area contributed by atoms with Gasteiger partial charge in [-0.3, -0.25) is 9.59 Å². The lowest BCUT2D eigenvalue weighted by Crippen LogP contribution is -2.45. The molecule has 0 saturated heterocycles. The van der Waals surface area contributed by atoms with E-state index >= 15 is 0 Å². The van der Waals surface area contributed by atoms with Crippen molar-refractivity contribution >= 4 is 11.9 Å². The summed E-state index contributed by atoms with van der Waals surface area (Å²) >= 11 is 0. The Balaban J connectivity index is 3.50. The molecule has 0 aliphatic heterocycles. The Labute approximate surface area is 405 Å². The maximum absolute atomic E-state index is 12.5. The summed E-state index contributed by atoms with van der Waals surface area (Å²) in [5, 5.41) is 23.3. The van der Waals surface area contributed by atoms with E-state index in [1.807, 2.05) is 0 Å². The first-order valence-corrected chi connectivity index (χ1v) is 29.1. The first-order valence-electron chi connectivity index (χ1n) is 29.1. The lowest BCUT2D eigenvalue weighted by molar-refractivity contribution is -0.143. The van der Waals surface area contributed by atoms with Gasteiger partial charge >= 0.3 is 5.97 Å². The van der Waals surface area contributed by atoms with Crippen molar-refractivity contribution in [3.05, 3.63) is 24.3 Å². The van der Waals surface area contributed by atoms with Crippen LogP contribution in [0.4, 0.5) is 0 Å². The van der Waals surface area contributed by atoms with Crippen LogP contribution in [0, 0.1) is 0 Å². The molecule has 0 fully saturated rings. The van der Waals surface area contributed by atoms with Gasteiger partial charge in [0.15, 0.2) is 0 Å². The molecule has 0 bridgehead atoms. The normalized spacial score (nSPS) is 12.7. The summed E-state index contributed by atoms with van der Waals surface area (Å²) in [4.78, 5) is 24.5. The Hall–Kier alpha value is -1.66. The summed E-state index contributed by atoms with van der Waals surface area (Å²) in [5.74, 6) is -0.113. The molecule has 6 nitrogen and oxygen atoms in total. The molecule has 0 aliphatic carbocycles. The fraction of sp³-hybridized carbons (Fsp3) is 0.898. The zero-order valence-corrected chi connectivity index (χ0v) is 43.7. The van der Waals surface area contributed by atoms with E-state index in [4.69, 9.17) is 4.74 Å². The Morgan fingerprint density at radius 1 is 0.415 bits per heavy atom. The summed E-state index contributed by atoms with van der Waals surface area (Å²) in [6.07, 6.45) is 66.1. The summed E-state index contributed by atoms with van der Waals surface area (Å²) in [7, 11) is 0. The molecule has 0 radical (unpaired) electrons. The van der Waals surface area contributed by atoms with E-state index in [2.05, 4.69) is 43.5 Å². The average molecular weight is 917 g/mol. The summed E-state index contributed by atoms with van der Waals surface area (Å²) in [6.45, 7) is 4.86. The Kier molecular flexibility index (Phi) is 53.5. The monoisotopic (exact) mass is 916 g/mol. The van der Waals surface area contributed by atoms with Crippen molar-refractivity contribution in [3.63, 3.8) is 0 Å². The number of aliphatic hydroxyl groups is 2.